The van der Waals surface area contributed by atoms with Gasteiger partial charge in [-0.2, -0.15) is 5.26 Å². The number of nitrogens with one attached hydrogen (secondary N) is 1. The van der Waals surface area contributed by atoms with Crippen LogP contribution in [0.5, 0.6) is 23.0 Å². The molecule has 1 N–H and O–H groups in total. The van der Waals surface area contributed by atoms with E-state index in [-0.39, 0.29) is 18.2 Å². The molecule has 0 spiro atoms. The molecule has 0 aliphatic rings. The molecule has 0 heterocycles. The van der Waals surface area contributed by atoms with Gasteiger partial charge in [-0.3, -0.25) is 4.79 Å². The van der Waals surface area contributed by atoms with Crippen molar-refractivity contribution in [2.45, 2.75) is 26.5 Å². The molecule has 7 nitrogen and oxygen atoms in total. The predicted octanol–water partition coefficient (Wildman–Crippen LogP) is 5.47. The van der Waals surface area contributed by atoms with E-state index in [0.717, 1.165) is 11.1 Å². The van der Waals surface area contributed by atoms with Gasteiger partial charge in [0.25, 0.3) is 5.91 Å². The zero-order valence-corrected chi connectivity index (χ0v) is 20.9. The van der Waals surface area contributed by atoms with E-state index in [4.69, 9.17) is 18.9 Å². The van der Waals surface area contributed by atoms with Gasteiger partial charge in [-0.05, 0) is 61.4 Å². The summed E-state index contributed by atoms with van der Waals surface area (Å²) in [6.07, 6.45) is 1.53. The van der Waals surface area contributed by atoms with Crippen LogP contribution in [-0.4, -0.2) is 26.7 Å². The number of rotatable bonds is 11. The Morgan fingerprint density at radius 2 is 1.72 bits per heavy atom. The van der Waals surface area contributed by atoms with E-state index >= 15 is 0 Å². The predicted molar refractivity (Wildman–Crippen MR) is 138 cm³/mol. The maximum Gasteiger partial charge on any atom is 0.262 e. The van der Waals surface area contributed by atoms with Crippen LogP contribution in [0.15, 0.2) is 72.3 Å². The lowest BCUT2D eigenvalue weighted by Gasteiger charge is -2.15. The fraction of sp³-hybridized carbons (Fsp3) is 0.241. The zero-order chi connectivity index (χ0) is 25.9. The molecule has 0 bridgehead atoms. The molecule has 0 aliphatic heterocycles. The summed E-state index contributed by atoms with van der Waals surface area (Å²) in [6, 6.07) is 22.1. The Balaban J connectivity index is 1.78. The summed E-state index contributed by atoms with van der Waals surface area (Å²) in [5.74, 6) is 1.96. The third kappa shape index (κ3) is 6.80. The second-order valence-electron chi connectivity index (χ2n) is 7.88. The Labute approximate surface area is 211 Å². The third-order valence-electron chi connectivity index (χ3n) is 5.46. The lowest BCUT2D eigenvalue weighted by Crippen LogP contribution is -2.27. The van der Waals surface area contributed by atoms with Crippen LogP contribution in [0.3, 0.4) is 0 Å². The fourth-order valence-electron chi connectivity index (χ4n) is 3.57. The molecule has 1 amide bonds. The number of benzene rings is 3. The maximum absolute atomic E-state index is 12.7. The van der Waals surface area contributed by atoms with Crippen molar-refractivity contribution in [2.24, 2.45) is 0 Å². The number of methoxy groups -OCH3 is 2. The number of ether oxygens (including phenoxy) is 4. The largest absolute Gasteiger partial charge is 0.497 e. The minimum absolute atomic E-state index is 0.00462. The molecule has 3 rings (SSSR count). The lowest BCUT2D eigenvalue weighted by molar-refractivity contribution is -0.117. The van der Waals surface area contributed by atoms with Gasteiger partial charge in [0.15, 0.2) is 11.5 Å². The van der Waals surface area contributed by atoms with Crippen molar-refractivity contribution in [2.75, 3.05) is 20.8 Å². The van der Waals surface area contributed by atoms with E-state index in [9.17, 15) is 10.1 Å². The SMILES string of the molecule is CCOc1cc(/C=C(\C#N)C(=O)N[C@H](C)c2ccccc2)ccc1OCc1cc(OC)ccc1OC. The number of hydrogen-bond acceptors (Lipinski definition) is 6. The number of hydrogen-bond donors (Lipinski definition) is 1. The van der Waals surface area contributed by atoms with Crippen molar-refractivity contribution < 1.29 is 23.7 Å². The third-order valence-corrected chi connectivity index (χ3v) is 5.46. The van der Waals surface area contributed by atoms with Gasteiger partial charge in [0.1, 0.15) is 29.7 Å². The molecule has 0 radical (unpaired) electrons. The van der Waals surface area contributed by atoms with E-state index in [1.807, 2.05) is 68.4 Å². The van der Waals surface area contributed by atoms with Crippen LogP contribution < -0.4 is 24.3 Å². The summed E-state index contributed by atoms with van der Waals surface area (Å²) in [6.45, 7) is 4.40. The van der Waals surface area contributed by atoms with E-state index in [1.54, 1.807) is 32.4 Å². The highest BCUT2D eigenvalue weighted by molar-refractivity contribution is 6.01. The first kappa shape index (κ1) is 26.2. The number of carbonyl (C=O) groups excluding carboxylic acids is 1. The van der Waals surface area contributed by atoms with E-state index in [2.05, 4.69) is 5.32 Å². The molecule has 7 heteroatoms. The first-order valence-corrected chi connectivity index (χ1v) is 11.6. The summed E-state index contributed by atoms with van der Waals surface area (Å²) in [5, 5.41) is 12.5. The smallest absolute Gasteiger partial charge is 0.262 e. The number of carbonyl (C=O) groups is 1. The van der Waals surface area contributed by atoms with E-state index in [0.29, 0.717) is 35.2 Å². The second-order valence-corrected chi connectivity index (χ2v) is 7.88. The van der Waals surface area contributed by atoms with Crippen molar-refractivity contribution >= 4 is 12.0 Å². The van der Waals surface area contributed by atoms with Gasteiger partial charge in [-0.25, -0.2) is 0 Å². The summed E-state index contributed by atoms with van der Waals surface area (Å²) < 4.78 is 22.5. The van der Waals surface area contributed by atoms with Gasteiger partial charge in [-0.15, -0.1) is 0 Å². The van der Waals surface area contributed by atoms with Gasteiger partial charge in [0.2, 0.25) is 0 Å². The Kier molecular flexibility index (Phi) is 9.35. The summed E-state index contributed by atoms with van der Waals surface area (Å²) in [7, 11) is 3.20. The van der Waals surface area contributed by atoms with Crippen LogP contribution in [0.25, 0.3) is 6.08 Å². The van der Waals surface area contributed by atoms with Gasteiger partial charge < -0.3 is 24.3 Å². The highest BCUT2D eigenvalue weighted by Crippen LogP contribution is 2.32. The van der Waals surface area contributed by atoms with Crippen LogP contribution in [0.4, 0.5) is 0 Å². The standard InChI is InChI=1S/C29H30N2O5/c1-5-35-28-16-21(15-23(18-30)29(32)31-20(2)22-9-7-6-8-10-22)11-13-27(28)36-19-24-17-25(33-3)12-14-26(24)34-4/h6-17,20H,5,19H2,1-4H3,(H,31,32)/b23-15+/t20-/m1/s1. The van der Waals surface area contributed by atoms with Gasteiger partial charge >= 0.3 is 0 Å². The number of nitrogens with zero attached hydrogens (tertiary/aromatic N) is 1. The van der Waals surface area contributed by atoms with E-state index < -0.39 is 5.91 Å². The van der Waals surface area contributed by atoms with Crippen LogP contribution in [0, 0.1) is 11.3 Å². The molecule has 0 saturated heterocycles. The Morgan fingerprint density at radius 3 is 2.39 bits per heavy atom. The van der Waals surface area contributed by atoms with Crippen molar-refractivity contribution in [3.63, 3.8) is 0 Å². The second kappa shape index (κ2) is 12.9. The molecule has 3 aromatic carbocycles. The Morgan fingerprint density at radius 1 is 0.972 bits per heavy atom. The van der Waals surface area contributed by atoms with Gasteiger partial charge in [0, 0.05) is 5.56 Å². The zero-order valence-electron chi connectivity index (χ0n) is 20.9. The molecule has 0 saturated carbocycles. The monoisotopic (exact) mass is 486 g/mol. The first-order valence-electron chi connectivity index (χ1n) is 11.6. The molecule has 3 aromatic rings. The summed E-state index contributed by atoms with van der Waals surface area (Å²) >= 11 is 0. The normalized spacial score (nSPS) is 11.7. The highest BCUT2D eigenvalue weighted by Gasteiger charge is 2.15. The summed E-state index contributed by atoms with van der Waals surface area (Å²) in [4.78, 5) is 12.7. The summed E-state index contributed by atoms with van der Waals surface area (Å²) in [5.41, 5.74) is 2.41. The molecule has 186 valence electrons. The number of amides is 1. The van der Waals surface area contributed by atoms with Gasteiger partial charge in [0.05, 0.1) is 26.9 Å². The fourth-order valence-corrected chi connectivity index (χ4v) is 3.57. The van der Waals surface area contributed by atoms with Crippen molar-refractivity contribution in [3.05, 3.63) is 89.0 Å². The average molecular weight is 487 g/mol. The van der Waals surface area contributed by atoms with Crippen LogP contribution in [-0.2, 0) is 11.4 Å². The van der Waals surface area contributed by atoms with Crippen molar-refractivity contribution in [1.82, 2.24) is 5.32 Å². The molecular formula is C29H30N2O5. The number of nitriles is 1. The minimum Gasteiger partial charge on any atom is -0.497 e. The molecule has 36 heavy (non-hydrogen) atoms. The quantitative estimate of drug-likeness (QED) is 0.286. The van der Waals surface area contributed by atoms with E-state index in [1.165, 1.54) is 6.08 Å². The van der Waals surface area contributed by atoms with Crippen molar-refractivity contribution in [3.8, 4) is 29.1 Å². The molecule has 0 aromatic heterocycles. The molecule has 1 atom stereocenters. The first-order chi connectivity index (χ1) is 17.5. The molecule has 0 unspecified atom stereocenters. The Bertz CT molecular complexity index is 1250. The molecule has 0 aliphatic carbocycles. The topological polar surface area (TPSA) is 89.8 Å². The van der Waals surface area contributed by atoms with Crippen molar-refractivity contribution in [1.29, 1.82) is 5.26 Å². The molecule has 0 fully saturated rings. The van der Waals surface area contributed by atoms with Gasteiger partial charge in [-0.1, -0.05) is 36.4 Å². The molecular weight excluding hydrogens is 456 g/mol. The lowest BCUT2D eigenvalue weighted by atomic mass is 10.1. The minimum atomic E-state index is -0.447. The van der Waals surface area contributed by atoms with Crippen LogP contribution >= 0.6 is 0 Å². The highest BCUT2D eigenvalue weighted by atomic mass is 16.5. The van der Waals surface area contributed by atoms with Crippen LogP contribution in [0.1, 0.15) is 36.6 Å². The van der Waals surface area contributed by atoms with Crippen LogP contribution in [0.2, 0.25) is 0 Å². The maximum atomic E-state index is 12.7. The Hall–Kier alpha value is -4.44. The average Bonchev–Trinajstić information content (AvgIpc) is 2.91.